The Labute approximate surface area is 112 Å². The molecule has 0 fully saturated rings. The van der Waals surface area contributed by atoms with Crippen LogP contribution in [0.2, 0.25) is 0 Å². The molecular weight excluding hydrogens is 243 g/mol. The quantitative estimate of drug-likeness (QED) is 0.868. The lowest BCUT2D eigenvalue weighted by atomic mass is 10.1. The summed E-state index contributed by atoms with van der Waals surface area (Å²) in [6.07, 6.45) is 1.08. The first-order chi connectivity index (χ1) is 9.16. The zero-order valence-electron chi connectivity index (χ0n) is 10.8. The summed E-state index contributed by atoms with van der Waals surface area (Å²) in [4.78, 5) is 4.25. The lowest BCUT2D eigenvalue weighted by Crippen LogP contribution is -2.25. The van der Waals surface area contributed by atoms with E-state index in [0.717, 1.165) is 5.69 Å². The minimum absolute atomic E-state index is 0.0521. The fraction of sp³-hybridized carbons (Fsp3) is 0.267. The van der Waals surface area contributed by atoms with E-state index in [1.807, 2.05) is 25.1 Å². The van der Waals surface area contributed by atoms with Crippen molar-refractivity contribution in [3.8, 4) is 0 Å². The molecule has 4 heteroatoms. The summed E-state index contributed by atoms with van der Waals surface area (Å²) in [6.45, 7) is 2.38. The van der Waals surface area contributed by atoms with Crippen molar-refractivity contribution >= 4 is 0 Å². The Morgan fingerprint density at radius 1 is 1.21 bits per heavy atom. The van der Waals surface area contributed by atoms with Gasteiger partial charge in [-0.05, 0) is 36.8 Å². The van der Waals surface area contributed by atoms with Crippen molar-refractivity contribution in [1.29, 1.82) is 0 Å². The Morgan fingerprint density at radius 2 is 1.95 bits per heavy atom. The Hall–Kier alpha value is -1.78. The third-order valence-electron chi connectivity index (χ3n) is 3.00. The van der Waals surface area contributed by atoms with E-state index in [1.165, 1.54) is 12.1 Å². The second-order valence-electron chi connectivity index (χ2n) is 4.45. The number of aliphatic hydroxyl groups is 1. The fourth-order valence-corrected chi connectivity index (χ4v) is 1.83. The molecule has 0 amide bonds. The molecule has 1 aromatic carbocycles. The van der Waals surface area contributed by atoms with Gasteiger partial charge >= 0.3 is 0 Å². The molecule has 0 saturated heterocycles. The van der Waals surface area contributed by atoms with Gasteiger partial charge in [-0.3, -0.25) is 4.98 Å². The van der Waals surface area contributed by atoms with Gasteiger partial charge in [0.25, 0.3) is 0 Å². The molecule has 0 bridgehead atoms. The van der Waals surface area contributed by atoms with Gasteiger partial charge in [-0.15, -0.1) is 0 Å². The van der Waals surface area contributed by atoms with Gasteiger partial charge in [0.1, 0.15) is 5.82 Å². The number of nitrogens with zero attached hydrogens (tertiary/aromatic N) is 1. The van der Waals surface area contributed by atoms with E-state index >= 15 is 0 Å². The van der Waals surface area contributed by atoms with Crippen molar-refractivity contribution in [2.45, 2.75) is 19.1 Å². The third kappa shape index (κ3) is 3.84. The van der Waals surface area contributed by atoms with Crippen molar-refractivity contribution in [3.63, 3.8) is 0 Å². The van der Waals surface area contributed by atoms with Gasteiger partial charge < -0.3 is 10.4 Å². The number of pyridine rings is 1. The van der Waals surface area contributed by atoms with E-state index in [0.29, 0.717) is 12.1 Å². The molecule has 1 aromatic heterocycles. The van der Waals surface area contributed by atoms with Crippen molar-refractivity contribution in [1.82, 2.24) is 10.3 Å². The van der Waals surface area contributed by atoms with Gasteiger partial charge in [0.05, 0.1) is 11.8 Å². The van der Waals surface area contributed by atoms with Crippen LogP contribution in [0.5, 0.6) is 0 Å². The Balaban J connectivity index is 1.90. The largest absolute Gasteiger partial charge is 0.387 e. The van der Waals surface area contributed by atoms with Gasteiger partial charge in [-0.25, -0.2) is 4.39 Å². The number of rotatable bonds is 5. The highest BCUT2D eigenvalue weighted by Crippen LogP contribution is 2.14. The maximum Gasteiger partial charge on any atom is 0.123 e. The normalized spacial score (nSPS) is 14.1. The number of benzene rings is 1. The minimum atomic E-state index is -0.660. The highest BCUT2D eigenvalue weighted by molar-refractivity contribution is 5.19. The molecule has 1 unspecified atom stereocenters. The molecule has 2 aromatic rings. The average Bonchev–Trinajstić information content (AvgIpc) is 2.46. The molecule has 2 atom stereocenters. The molecule has 0 aliphatic heterocycles. The van der Waals surface area contributed by atoms with Gasteiger partial charge in [0.15, 0.2) is 0 Å². The van der Waals surface area contributed by atoms with E-state index < -0.39 is 6.10 Å². The van der Waals surface area contributed by atoms with Crippen molar-refractivity contribution < 1.29 is 9.50 Å². The van der Waals surface area contributed by atoms with Crippen LogP contribution in [0, 0.1) is 5.82 Å². The number of halogens is 1. The molecule has 0 radical (unpaired) electrons. The van der Waals surface area contributed by atoms with Crippen LogP contribution in [0.1, 0.15) is 30.3 Å². The SMILES string of the molecule is C[C@H](NCC(O)c1ccc(F)cc1)c1ccccn1. The first-order valence-electron chi connectivity index (χ1n) is 6.24. The van der Waals surface area contributed by atoms with E-state index in [1.54, 1.807) is 18.3 Å². The van der Waals surface area contributed by atoms with Crippen LogP contribution < -0.4 is 5.32 Å². The number of aromatic nitrogens is 1. The molecule has 0 aliphatic carbocycles. The van der Waals surface area contributed by atoms with Crippen molar-refractivity contribution in [3.05, 3.63) is 65.7 Å². The molecular formula is C15H17FN2O. The lowest BCUT2D eigenvalue weighted by Gasteiger charge is -2.17. The Bertz CT molecular complexity index is 501. The summed E-state index contributed by atoms with van der Waals surface area (Å²) in [5, 5.41) is 13.2. The zero-order chi connectivity index (χ0) is 13.7. The topological polar surface area (TPSA) is 45.1 Å². The highest BCUT2D eigenvalue weighted by Gasteiger charge is 2.11. The Morgan fingerprint density at radius 3 is 2.58 bits per heavy atom. The smallest absolute Gasteiger partial charge is 0.123 e. The predicted octanol–water partition coefficient (Wildman–Crippen LogP) is 2.60. The third-order valence-corrected chi connectivity index (χ3v) is 3.00. The van der Waals surface area contributed by atoms with Crippen LogP contribution in [0.25, 0.3) is 0 Å². The maximum absolute atomic E-state index is 12.8. The van der Waals surface area contributed by atoms with Crippen LogP contribution in [0.4, 0.5) is 4.39 Å². The second kappa shape index (κ2) is 6.41. The number of hydrogen-bond acceptors (Lipinski definition) is 3. The molecule has 0 saturated carbocycles. The summed E-state index contributed by atoms with van der Waals surface area (Å²) < 4.78 is 12.8. The lowest BCUT2D eigenvalue weighted by molar-refractivity contribution is 0.170. The van der Waals surface area contributed by atoms with Gasteiger partial charge in [-0.1, -0.05) is 18.2 Å². The highest BCUT2D eigenvalue weighted by atomic mass is 19.1. The molecule has 1 heterocycles. The van der Waals surface area contributed by atoms with Gasteiger partial charge in [-0.2, -0.15) is 0 Å². The fourth-order valence-electron chi connectivity index (χ4n) is 1.83. The summed E-state index contributed by atoms with van der Waals surface area (Å²) in [5.74, 6) is -0.300. The Kier molecular flexibility index (Phi) is 4.60. The monoisotopic (exact) mass is 260 g/mol. The van der Waals surface area contributed by atoms with Crippen LogP contribution in [-0.4, -0.2) is 16.6 Å². The predicted molar refractivity (Wildman–Crippen MR) is 72.0 cm³/mol. The molecule has 3 nitrogen and oxygen atoms in total. The van der Waals surface area contributed by atoms with Crippen LogP contribution >= 0.6 is 0 Å². The summed E-state index contributed by atoms with van der Waals surface area (Å²) in [5.41, 5.74) is 1.62. The summed E-state index contributed by atoms with van der Waals surface area (Å²) >= 11 is 0. The molecule has 100 valence electrons. The molecule has 2 N–H and O–H groups in total. The first-order valence-corrected chi connectivity index (χ1v) is 6.24. The standard InChI is InChI=1S/C15H17FN2O/c1-11(14-4-2-3-9-17-14)18-10-15(19)12-5-7-13(16)8-6-12/h2-9,11,15,18-19H,10H2,1H3/t11-,15?/m0/s1. The maximum atomic E-state index is 12.8. The van der Waals surface area contributed by atoms with Crippen molar-refractivity contribution in [2.75, 3.05) is 6.54 Å². The molecule has 2 rings (SSSR count). The minimum Gasteiger partial charge on any atom is -0.387 e. The van der Waals surface area contributed by atoms with Gasteiger partial charge in [0.2, 0.25) is 0 Å². The van der Waals surface area contributed by atoms with E-state index in [2.05, 4.69) is 10.3 Å². The van der Waals surface area contributed by atoms with Crippen molar-refractivity contribution in [2.24, 2.45) is 0 Å². The summed E-state index contributed by atoms with van der Waals surface area (Å²) in [7, 11) is 0. The van der Waals surface area contributed by atoms with Gasteiger partial charge in [0, 0.05) is 18.8 Å². The zero-order valence-corrected chi connectivity index (χ0v) is 10.8. The first kappa shape index (κ1) is 13.6. The van der Waals surface area contributed by atoms with Crippen LogP contribution in [-0.2, 0) is 0 Å². The number of nitrogens with one attached hydrogen (secondary N) is 1. The molecule has 19 heavy (non-hydrogen) atoms. The van der Waals surface area contributed by atoms with E-state index in [-0.39, 0.29) is 11.9 Å². The summed E-state index contributed by atoms with van der Waals surface area (Å²) in [6, 6.07) is 11.7. The molecule has 0 aliphatic rings. The second-order valence-corrected chi connectivity index (χ2v) is 4.45. The average molecular weight is 260 g/mol. The van der Waals surface area contributed by atoms with E-state index in [4.69, 9.17) is 0 Å². The van der Waals surface area contributed by atoms with E-state index in [9.17, 15) is 9.50 Å². The number of aliphatic hydroxyl groups excluding tert-OH is 1. The number of hydrogen-bond donors (Lipinski definition) is 2. The van der Waals surface area contributed by atoms with Crippen LogP contribution in [0.3, 0.4) is 0 Å². The van der Waals surface area contributed by atoms with Crippen LogP contribution in [0.15, 0.2) is 48.7 Å². The molecule has 0 spiro atoms.